The minimum atomic E-state index is -0.653. The molecule has 7 nitrogen and oxygen atoms in total. The third kappa shape index (κ3) is 7.80. The van der Waals surface area contributed by atoms with Crippen molar-refractivity contribution in [2.45, 2.75) is 0 Å². The number of primary amides is 1. The third-order valence-corrected chi connectivity index (χ3v) is 0.810. The van der Waals surface area contributed by atoms with Gasteiger partial charge in [0, 0.05) is 0 Å². The van der Waals surface area contributed by atoms with Gasteiger partial charge < -0.3 is 15.9 Å². The van der Waals surface area contributed by atoms with Gasteiger partial charge in [-0.05, 0) is 0 Å². The standard InChI is InChI=1S/C6H8N4O3/c7-1-2-13-10-4-6(12)9-3-5(8)11/h4H,2-3H2,(H2,8,11)(H,9,12)/b10-4+. The molecule has 0 saturated heterocycles. The van der Waals surface area contributed by atoms with Gasteiger partial charge in [0.25, 0.3) is 5.91 Å². The molecule has 3 N–H and O–H groups in total. The fraction of sp³-hybridized carbons (Fsp3) is 0.333. The molecule has 0 bridgehead atoms. The first kappa shape index (κ1) is 10.9. The maximum atomic E-state index is 10.7. The quantitative estimate of drug-likeness (QED) is 0.295. The van der Waals surface area contributed by atoms with E-state index in [4.69, 9.17) is 11.0 Å². The van der Waals surface area contributed by atoms with Crippen molar-refractivity contribution < 1.29 is 14.4 Å². The number of oxime groups is 1. The van der Waals surface area contributed by atoms with Gasteiger partial charge in [-0.2, -0.15) is 5.26 Å². The zero-order valence-electron chi connectivity index (χ0n) is 6.69. The van der Waals surface area contributed by atoms with Crippen molar-refractivity contribution in [1.82, 2.24) is 5.32 Å². The number of hydrogen-bond acceptors (Lipinski definition) is 5. The molecular weight excluding hydrogens is 176 g/mol. The van der Waals surface area contributed by atoms with Crippen molar-refractivity contribution in [3.8, 4) is 6.07 Å². The van der Waals surface area contributed by atoms with E-state index in [2.05, 4.69) is 15.3 Å². The minimum absolute atomic E-state index is 0.237. The van der Waals surface area contributed by atoms with E-state index >= 15 is 0 Å². The van der Waals surface area contributed by atoms with Gasteiger partial charge in [-0.3, -0.25) is 9.59 Å². The maximum absolute atomic E-state index is 10.7. The molecule has 0 unspecified atom stereocenters. The molecular formula is C6H8N4O3. The lowest BCUT2D eigenvalue weighted by Gasteiger charge is -1.95. The van der Waals surface area contributed by atoms with E-state index in [1.54, 1.807) is 6.07 Å². The van der Waals surface area contributed by atoms with Gasteiger partial charge in [-0.25, -0.2) is 0 Å². The fourth-order valence-corrected chi connectivity index (χ4v) is 0.371. The zero-order chi connectivity index (χ0) is 10.1. The molecule has 0 aromatic rings. The van der Waals surface area contributed by atoms with Crippen LogP contribution < -0.4 is 11.1 Å². The van der Waals surface area contributed by atoms with Crippen LogP contribution in [0, 0.1) is 11.3 Å². The number of rotatable bonds is 5. The highest BCUT2D eigenvalue weighted by atomic mass is 16.6. The zero-order valence-corrected chi connectivity index (χ0v) is 6.69. The van der Waals surface area contributed by atoms with Gasteiger partial charge in [0.15, 0.2) is 0 Å². The Morgan fingerprint density at radius 1 is 1.69 bits per heavy atom. The van der Waals surface area contributed by atoms with Crippen molar-refractivity contribution >= 4 is 18.0 Å². The number of carbonyl (C=O) groups excluding carboxylic acids is 2. The highest BCUT2D eigenvalue weighted by molar-refractivity contribution is 6.26. The largest absolute Gasteiger partial charge is 0.380 e. The Labute approximate surface area is 74.1 Å². The summed E-state index contributed by atoms with van der Waals surface area (Å²) in [5.41, 5.74) is 4.74. The molecule has 0 heterocycles. The predicted octanol–water partition coefficient (Wildman–Crippen LogP) is -1.89. The van der Waals surface area contributed by atoms with Gasteiger partial charge in [0.05, 0.1) is 6.54 Å². The number of nitrogens with one attached hydrogen (secondary N) is 1. The molecule has 0 fully saturated rings. The summed E-state index contributed by atoms with van der Waals surface area (Å²) in [4.78, 5) is 25.1. The first-order chi connectivity index (χ1) is 6.16. The normalized spacial score (nSPS) is 9.15. The van der Waals surface area contributed by atoms with Crippen LogP contribution in [0.25, 0.3) is 0 Å². The molecule has 0 aliphatic carbocycles. The lowest BCUT2D eigenvalue weighted by Crippen LogP contribution is -2.33. The Morgan fingerprint density at radius 3 is 2.92 bits per heavy atom. The van der Waals surface area contributed by atoms with Crippen LogP contribution in [0.1, 0.15) is 0 Å². The van der Waals surface area contributed by atoms with E-state index in [9.17, 15) is 9.59 Å². The van der Waals surface area contributed by atoms with E-state index < -0.39 is 11.8 Å². The van der Waals surface area contributed by atoms with Crippen LogP contribution in [-0.4, -0.2) is 31.2 Å². The molecule has 0 rings (SSSR count). The molecule has 0 aromatic carbocycles. The van der Waals surface area contributed by atoms with E-state index in [-0.39, 0.29) is 13.2 Å². The maximum Gasteiger partial charge on any atom is 0.266 e. The van der Waals surface area contributed by atoms with Crippen LogP contribution >= 0.6 is 0 Å². The van der Waals surface area contributed by atoms with Gasteiger partial charge >= 0.3 is 0 Å². The SMILES string of the molecule is N#CCO/N=C/C(=O)NCC(N)=O. The lowest BCUT2D eigenvalue weighted by atomic mass is 10.5. The molecule has 0 saturated carbocycles. The Kier molecular flexibility index (Phi) is 5.53. The second kappa shape index (κ2) is 6.60. The van der Waals surface area contributed by atoms with Crippen molar-refractivity contribution in [3.05, 3.63) is 0 Å². The van der Waals surface area contributed by atoms with Crippen molar-refractivity contribution in [2.75, 3.05) is 13.2 Å². The highest BCUT2D eigenvalue weighted by Crippen LogP contribution is 1.71. The number of nitrogens with zero attached hydrogens (tertiary/aromatic N) is 2. The van der Waals surface area contributed by atoms with E-state index in [0.29, 0.717) is 0 Å². The summed E-state index contributed by atoms with van der Waals surface area (Å²) in [7, 11) is 0. The molecule has 0 atom stereocenters. The van der Waals surface area contributed by atoms with Gasteiger partial charge in [0.1, 0.15) is 12.3 Å². The number of nitrogens with two attached hydrogens (primary N) is 1. The summed E-state index contributed by atoms with van der Waals surface area (Å²) >= 11 is 0. The highest BCUT2D eigenvalue weighted by Gasteiger charge is 1.97. The van der Waals surface area contributed by atoms with E-state index in [1.165, 1.54) is 0 Å². The summed E-state index contributed by atoms with van der Waals surface area (Å²) in [6.07, 6.45) is 0.806. The summed E-state index contributed by atoms with van der Waals surface area (Å²) in [5, 5.41) is 13.3. The monoisotopic (exact) mass is 184 g/mol. The second-order valence-corrected chi connectivity index (χ2v) is 1.85. The Hall–Kier alpha value is -2.10. The van der Waals surface area contributed by atoms with Crippen LogP contribution in [0.2, 0.25) is 0 Å². The van der Waals surface area contributed by atoms with Crippen molar-refractivity contribution in [1.29, 1.82) is 5.26 Å². The Morgan fingerprint density at radius 2 is 2.38 bits per heavy atom. The second-order valence-electron chi connectivity index (χ2n) is 1.85. The van der Waals surface area contributed by atoms with Crippen molar-refractivity contribution in [3.63, 3.8) is 0 Å². The third-order valence-electron chi connectivity index (χ3n) is 0.810. The van der Waals surface area contributed by atoms with Gasteiger partial charge in [0.2, 0.25) is 12.5 Å². The summed E-state index contributed by atoms with van der Waals surface area (Å²) < 4.78 is 0. The minimum Gasteiger partial charge on any atom is -0.380 e. The molecule has 0 aliphatic heterocycles. The van der Waals surface area contributed by atoms with E-state index in [0.717, 1.165) is 6.21 Å². The number of carbonyl (C=O) groups is 2. The van der Waals surface area contributed by atoms with E-state index in [1.807, 2.05) is 0 Å². The summed E-state index contributed by atoms with van der Waals surface area (Å²) in [6, 6.07) is 1.65. The first-order valence-corrected chi connectivity index (χ1v) is 3.25. The van der Waals surface area contributed by atoms with Gasteiger partial charge in [-0.15, -0.1) is 0 Å². The number of amides is 2. The fourth-order valence-electron chi connectivity index (χ4n) is 0.371. The Balaban J connectivity index is 3.56. The van der Waals surface area contributed by atoms with Gasteiger partial charge in [-0.1, -0.05) is 5.16 Å². The Bertz CT molecular complexity index is 255. The summed E-state index contributed by atoms with van der Waals surface area (Å²) in [6.45, 7) is -0.497. The summed E-state index contributed by atoms with van der Waals surface area (Å²) in [5.74, 6) is -1.27. The van der Waals surface area contributed by atoms with Crippen LogP contribution in [0.3, 0.4) is 0 Å². The molecule has 0 aromatic heterocycles. The molecule has 0 radical (unpaired) electrons. The van der Waals surface area contributed by atoms with Crippen LogP contribution in [0.15, 0.2) is 5.16 Å². The van der Waals surface area contributed by atoms with Crippen LogP contribution in [0.4, 0.5) is 0 Å². The number of hydrogen-bond donors (Lipinski definition) is 2. The predicted molar refractivity (Wildman–Crippen MR) is 42.3 cm³/mol. The van der Waals surface area contributed by atoms with Crippen LogP contribution in [0.5, 0.6) is 0 Å². The molecule has 13 heavy (non-hydrogen) atoms. The average molecular weight is 184 g/mol. The molecule has 0 spiro atoms. The number of nitriles is 1. The molecule has 2 amide bonds. The smallest absolute Gasteiger partial charge is 0.266 e. The lowest BCUT2D eigenvalue weighted by molar-refractivity contribution is -0.121. The molecule has 0 aliphatic rings. The molecule has 70 valence electrons. The van der Waals surface area contributed by atoms with Crippen molar-refractivity contribution in [2.24, 2.45) is 10.9 Å². The van der Waals surface area contributed by atoms with Crippen LogP contribution in [-0.2, 0) is 14.4 Å². The average Bonchev–Trinajstić information content (AvgIpc) is 2.09. The first-order valence-electron chi connectivity index (χ1n) is 3.25. The topological polar surface area (TPSA) is 118 Å². The molecule has 7 heteroatoms.